The highest BCUT2D eigenvalue weighted by Gasteiger charge is 2.25. The molecule has 2 unspecified atom stereocenters. The maximum atomic E-state index is 5.83. The van der Waals surface area contributed by atoms with Crippen LogP contribution in [0.4, 0.5) is 0 Å². The van der Waals surface area contributed by atoms with E-state index in [0.29, 0.717) is 19.8 Å². The lowest BCUT2D eigenvalue weighted by Gasteiger charge is -2.31. The van der Waals surface area contributed by atoms with E-state index in [1.165, 1.54) is 5.56 Å². The first-order valence-corrected chi connectivity index (χ1v) is 7.14. The third-order valence-electron chi connectivity index (χ3n) is 3.48. The molecule has 0 bridgehead atoms. The van der Waals surface area contributed by atoms with Crippen molar-refractivity contribution in [3.63, 3.8) is 0 Å². The first-order chi connectivity index (χ1) is 9.31. The zero-order chi connectivity index (χ0) is 13.5. The molecule has 4 nitrogen and oxygen atoms in total. The van der Waals surface area contributed by atoms with Gasteiger partial charge in [-0.1, -0.05) is 13.0 Å². The number of nitrogens with one attached hydrogen (secondary N) is 1. The summed E-state index contributed by atoms with van der Waals surface area (Å²) in [4.78, 5) is 4.48. The summed E-state index contributed by atoms with van der Waals surface area (Å²) in [6.07, 6.45) is 3.99. The number of hydrogen-bond donors (Lipinski definition) is 1. The van der Waals surface area contributed by atoms with E-state index in [9.17, 15) is 0 Å². The molecule has 1 aliphatic heterocycles. The van der Waals surface area contributed by atoms with E-state index < -0.39 is 0 Å². The normalized spacial score (nSPS) is 21.3. The van der Waals surface area contributed by atoms with Gasteiger partial charge in [0, 0.05) is 24.4 Å². The van der Waals surface area contributed by atoms with Gasteiger partial charge in [-0.15, -0.1) is 0 Å². The fourth-order valence-electron chi connectivity index (χ4n) is 2.34. The van der Waals surface area contributed by atoms with Crippen molar-refractivity contribution in [1.29, 1.82) is 0 Å². The van der Waals surface area contributed by atoms with Crippen molar-refractivity contribution in [3.8, 4) is 0 Å². The molecular formula is C15H24N2O2. The molecule has 0 amide bonds. The molecule has 1 aliphatic rings. The molecule has 0 aromatic carbocycles. The third-order valence-corrected chi connectivity index (χ3v) is 3.48. The number of aryl methyl sites for hydroxylation is 1. The molecule has 1 saturated heterocycles. The minimum absolute atomic E-state index is 0.127. The van der Waals surface area contributed by atoms with Crippen molar-refractivity contribution in [2.45, 2.75) is 38.8 Å². The van der Waals surface area contributed by atoms with E-state index in [4.69, 9.17) is 9.47 Å². The molecule has 1 N–H and O–H groups in total. The Bertz CT molecular complexity index is 378. The Morgan fingerprint density at radius 2 is 2.37 bits per heavy atom. The maximum absolute atomic E-state index is 5.83. The van der Waals surface area contributed by atoms with Crippen LogP contribution in [0.2, 0.25) is 0 Å². The molecule has 1 aromatic heterocycles. The number of rotatable bonds is 6. The fraction of sp³-hybridized carbons (Fsp3) is 0.667. The second kappa shape index (κ2) is 7.58. The van der Waals surface area contributed by atoms with Gasteiger partial charge in [-0.3, -0.25) is 4.98 Å². The van der Waals surface area contributed by atoms with Gasteiger partial charge >= 0.3 is 0 Å². The number of hydrogen-bond acceptors (Lipinski definition) is 4. The number of ether oxygens (including phenoxy) is 2. The lowest BCUT2D eigenvalue weighted by atomic mass is 10.0. The first-order valence-electron chi connectivity index (χ1n) is 7.14. The summed E-state index contributed by atoms with van der Waals surface area (Å²) in [5.41, 5.74) is 2.38. The van der Waals surface area contributed by atoms with Crippen LogP contribution in [-0.4, -0.2) is 43.5 Å². The molecule has 0 radical (unpaired) electrons. The van der Waals surface area contributed by atoms with Gasteiger partial charge in [0.2, 0.25) is 0 Å². The summed E-state index contributed by atoms with van der Waals surface area (Å²) in [6.45, 7) is 7.35. The lowest BCUT2D eigenvalue weighted by molar-refractivity contribution is -0.101. The Balaban J connectivity index is 2.02. The zero-order valence-electron chi connectivity index (χ0n) is 11.9. The Labute approximate surface area is 115 Å². The van der Waals surface area contributed by atoms with Crippen LogP contribution in [0.1, 0.15) is 24.6 Å². The van der Waals surface area contributed by atoms with E-state index in [1.54, 1.807) is 0 Å². The van der Waals surface area contributed by atoms with Crippen LogP contribution in [0, 0.1) is 6.92 Å². The molecule has 1 aromatic rings. The zero-order valence-corrected chi connectivity index (χ0v) is 11.9. The highest BCUT2D eigenvalue weighted by atomic mass is 16.6. The van der Waals surface area contributed by atoms with Crippen molar-refractivity contribution in [2.75, 3.05) is 26.4 Å². The third kappa shape index (κ3) is 4.27. The lowest BCUT2D eigenvalue weighted by Crippen LogP contribution is -2.48. The van der Waals surface area contributed by atoms with Crippen molar-refractivity contribution >= 4 is 0 Å². The molecule has 1 fully saturated rings. The van der Waals surface area contributed by atoms with Gasteiger partial charge in [-0.25, -0.2) is 0 Å². The fourth-order valence-corrected chi connectivity index (χ4v) is 2.34. The Morgan fingerprint density at radius 3 is 3.05 bits per heavy atom. The number of pyridine rings is 1. The van der Waals surface area contributed by atoms with Gasteiger partial charge in [0.15, 0.2) is 0 Å². The highest BCUT2D eigenvalue weighted by Crippen LogP contribution is 2.13. The molecule has 19 heavy (non-hydrogen) atoms. The summed E-state index contributed by atoms with van der Waals surface area (Å²) < 4.78 is 11.4. The molecule has 0 aliphatic carbocycles. The van der Waals surface area contributed by atoms with Gasteiger partial charge in [-0.2, -0.15) is 0 Å². The molecule has 4 heteroatoms. The predicted octanol–water partition coefficient (Wildman–Crippen LogP) is 1.72. The van der Waals surface area contributed by atoms with Crippen molar-refractivity contribution in [3.05, 3.63) is 29.6 Å². The minimum Gasteiger partial charge on any atom is -0.376 e. The van der Waals surface area contributed by atoms with Crippen molar-refractivity contribution in [2.24, 2.45) is 0 Å². The van der Waals surface area contributed by atoms with E-state index in [2.05, 4.69) is 30.2 Å². The second-order valence-corrected chi connectivity index (χ2v) is 5.02. The molecule has 106 valence electrons. The quantitative estimate of drug-likeness (QED) is 0.849. The van der Waals surface area contributed by atoms with Crippen LogP contribution in [0.15, 0.2) is 18.3 Å². The van der Waals surface area contributed by atoms with Gasteiger partial charge in [0.05, 0.1) is 25.9 Å². The summed E-state index contributed by atoms with van der Waals surface area (Å²) in [5.74, 6) is 0. The van der Waals surface area contributed by atoms with E-state index >= 15 is 0 Å². The Hall–Kier alpha value is -0.970. The smallest absolute Gasteiger partial charge is 0.0965 e. The van der Waals surface area contributed by atoms with Gasteiger partial charge in [0.25, 0.3) is 0 Å². The molecule has 2 rings (SSSR count). The van der Waals surface area contributed by atoms with Gasteiger partial charge < -0.3 is 14.8 Å². The van der Waals surface area contributed by atoms with E-state index in [0.717, 1.165) is 25.1 Å². The molecular weight excluding hydrogens is 240 g/mol. The highest BCUT2D eigenvalue weighted by molar-refractivity contribution is 5.19. The summed E-state index contributed by atoms with van der Waals surface area (Å²) in [5, 5.41) is 3.57. The first kappa shape index (κ1) is 14.4. The summed E-state index contributed by atoms with van der Waals surface area (Å²) in [7, 11) is 0. The van der Waals surface area contributed by atoms with Crippen LogP contribution >= 0.6 is 0 Å². The second-order valence-electron chi connectivity index (χ2n) is 5.02. The largest absolute Gasteiger partial charge is 0.376 e. The van der Waals surface area contributed by atoms with Gasteiger partial charge in [-0.05, 0) is 31.5 Å². The topological polar surface area (TPSA) is 43.4 Å². The standard InChI is InChI=1S/C15H24N2O2/c1-3-6-16-14(15-11-18-8-9-19-15)10-13-12(2)5-4-7-17-13/h4-5,7,14-16H,3,6,8-11H2,1-2H3. The van der Waals surface area contributed by atoms with Crippen molar-refractivity contribution < 1.29 is 9.47 Å². The summed E-state index contributed by atoms with van der Waals surface area (Å²) >= 11 is 0. The predicted molar refractivity (Wildman–Crippen MR) is 75.3 cm³/mol. The average Bonchev–Trinajstić information content (AvgIpc) is 2.46. The number of nitrogens with zero attached hydrogens (tertiary/aromatic N) is 1. The maximum Gasteiger partial charge on any atom is 0.0965 e. The monoisotopic (exact) mass is 264 g/mol. The van der Waals surface area contributed by atoms with E-state index in [1.807, 2.05) is 12.3 Å². The molecule has 2 heterocycles. The number of aromatic nitrogens is 1. The van der Waals surface area contributed by atoms with Crippen LogP contribution in [0.5, 0.6) is 0 Å². The molecule has 0 saturated carbocycles. The van der Waals surface area contributed by atoms with E-state index in [-0.39, 0.29) is 12.1 Å². The molecule has 2 atom stereocenters. The average molecular weight is 264 g/mol. The Morgan fingerprint density at radius 1 is 1.47 bits per heavy atom. The minimum atomic E-state index is 0.127. The van der Waals surface area contributed by atoms with Crippen molar-refractivity contribution in [1.82, 2.24) is 10.3 Å². The van der Waals surface area contributed by atoms with Crippen LogP contribution < -0.4 is 5.32 Å². The molecule has 0 spiro atoms. The van der Waals surface area contributed by atoms with Crippen LogP contribution in [0.25, 0.3) is 0 Å². The Kier molecular flexibility index (Phi) is 5.76. The van der Waals surface area contributed by atoms with Crippen LogP contribution in [-0.2, 0) is 15.9 Å². The summed E-state index contributed by atoms with van der Waals surface area (Å²) in [6, 6.07) is 4.36. The van der Waals surface area contributed by atoms with Crippen LogP contribution in [0.3, 0.4) is 0 Å². The SMILES string of the molecule is CCCNC(Cc1ncccc1C)C1COCCO1. The van der Waals surface area contributed by atoms with Gasteiger partial charge in [0.1, 0.15) is 0 Å².